The highest BCUT2D eigenvalue weighted by Crippen LogP contribution is 2.59. The van der Waals surface area contributed by atoms with Gasteiger partial charge in [0, 0.05) is 31.9 Å². The molecule has 1 aliphatic heterocycles. The first-order valence-electron chi connectivity index (χ1n) is 7.24. The molecule has 23 heavy (non-hydrogen) atoms. The highest BCUT2D eigenvalue weighted by molar-refractivity contribution is 5.99. The van der Waals surface area contributed by atoms with Crippen molar-refractivity contribution in [3.63, 3.8) is 0 Å². The zero-order valence-corrected chi connectivity index (χ0v) is 12.2. The lowest BCUT2D eigenvalue weighted by atomic mass is 10.1. The number of fused-ring (bicyclic) bond motifs is 1. The maximum atomic E-state index is 12.7. The summed E-state index contributed by atoms with van der Waals surface area (Å²) in [6.45, 7) is 0.316. The van der Waals surface area contributed by atoms with Gasteiger partial charge in [-0.1, -0.05) is 0 Å². The molecule has 9 heteroatoms. The number of H-pyrrole nitrogens is 1. The number of carbonyl (C=O) groups excluding carboxylic acids is 1. The molecule has 2 aromatic rings. The number of aryl methyl sites for hydroxylation is 1. The highest BCUT2D eigenvalue weighted by atomic mass is 19.4. The number of aromatic nitrogens is 4. The second-order valence-corrected chi connectivity index (χ2v) is 6.17. The summed E-state index contributed by atoms with van der Waals surface area (Å²) < 4.78 is 39.8. The Hall–Kier alpha value is -2.32. The monoisotopic (exact) mass is 325 g/mol. The van der Waals surface area contributed by atoms with E-state index in [2.05, 4.69) is 15.3 Å². The number of alkyl halides is 3. The van der Waals surface area contributed by atoms with Gasteiger partial charge in [-0.05, 0) is 11.8 Å². The van der Waals surface area contributed by atoms with E-state index in [9.17, 15) is 18.0 Å². The number of rotatable bonds is 2. The molecule has 6 nitrogen and oxygen atoms in total. The number of nitrogens with zero attached hydrogens (tertiary/aromatic N) is 4. The van der Waals surface area contributed by atoms with E-state index in [4.69, 9.17) is 0 Å². The zero-order valence-electron chi connectivity index (χ0n) is 12.2. The Bertz CT molecular complexity index is 753. The predicted octanol–water partition coefficient (Wildman–Crippen LogP) is 1.69. The number of aromatic amines is 1. The number of likely N-dealkylation sites (tertiary alicyclic amines) is 1. The van der Waals surface area contributed by atoms with Gasteiger partial charge in [0.05, 0.1) is 29.6 Å². The maximum Gasteiger partial charge on any atom is 0.392 e. The first-order chi connectivity index (χ1) is 10.9. The second-order valence-electron chi connectivity index (χ2n) is 6.17. The molecule has 4 rings (SSSR count). The molecule has 1 unspecified atom stereocenters. The maximum absolute atomic E-state index is 12.7. The fraction of sp³-hybridized carbons (Fsp3) is 0.500. The van der Waals surface area contributed by atoms with Gasteiger partial charge in [0.2, 0.25) is 0 Å². The molecular weight excluding hydrogens is 311 g/mol. The van der Waals surface area contributed by atoms with Crippen LogP contribution in [0.2, 0.25) is 0 Å². The summed E-state index contributed by atoms with van der Waals surface area (Å²) in [5.41, 5.74) is 1.62. The van der Waals surface area contributed by atoms with E-state index < -0.39 is 23.9 Å². The number of carbonyl (C=O) groups is 1. The van der Waals surface area contributed by atoms with Crippen LogP contribution in [0.4, 0.5) is 13.2 Å². The number of amides is 1. The fourth-order valence-electron chi connectivity index (χ4n) is 3.57. The lowest BCUT2D eigenvalue weighted by molar-refractivity contribution is -0.156. The van der Waals surface area contributed by atoms with Crippen molar-refractivity contribution in [2.24, 2.45) is 24.8 Å². The van der Waals surface area contributed by atoms with E-state index in [1.165, 1.54) is 11.1 Å². The highest BCUT2D eigenvalue weighted by Gasteiger charge is 2.67. The van der Waals surface area contributed by atoms with Gasteiger partial charge in [-0.2, -0.15) is 23.4 Å². The number of hydrogen-bond acceptors (Lipinski definition) is 3. The predicted molar refractivity (Wildman–Crippen MR) is 73.2 cm³/mol. The number of halogens is 3. The van der Waals surface area contributed by atoms with Crippen molar-refractivity contribution in [2.45, 2.75) is 6.18 Å². The van der Waals surface area contributed by atoms with Crippen LogP contribution in [0.3, 0.4) is 0 Å². The van der Waals surface area contributed by atoms with E-state index in [-0.39, 0.29) is 19.0 Å². The smallest absolute Gasteiger partial charge is 0.338 e. The van der Waals surface area contributed by atoms with Crippen LogP contribution in [0.25, 0.3) is 11.3 Å². The van der Waals surface area contributed by atoms with Crippen molar-refractivity contribution in [3.8, 4) is 11.3 Å². The van der Waals surface area contributed by atoms with Crippen LogP contribution in [-0.2, 0) is 7.05 Å². The van der Waals surface area contributed by atoms with Crippen LogP contribution >= 0.6 is 0 Å². The van der Waals surface area contributed by atoms with Gasteiger partial charge in [0.25, 0.3) is 5.91 Å². The van der Waals surface area contributed by atoms with Crippen LogP contribution in [0.1, 0.15) is 10.4 Å². The summed E-state index contributed by atoms with van der Waals surface area (Å²) in [5, 5.41) is 10.7. The van der Waals surface area contributed by atoms with Crippen molar-refractivity contribution >= 4 is 5.91 Å². The van der Waals surface area contributed by atoms with Crippen LogP contribution in [0.15, 0.2) is 18.6 Å². The first-order valence-corrected chi connectivity index (χ1v) is 7.24. The van der Waals surface area contributed by atoms with Crippen molar-refractivity contribution in [3.05, 3.63) is 24.2 Å². The van der Waals surface area contributed by atoms with E-state index in [1.54, 1.807) is 24.1 Å². The van der Waals surface area contributed by atoms with Crippen molar-refractivity contribution < 1.29 is 18.0 Å². The van der Waals surface area contributed by atoms with Gasteiger partial charge in [0.1, 0.15) is 0 Å². The van der Waals surface area contributed by atoms with Gasteiger partial charge >= 0.3 is 6.18 Å². The molecule has 2 aliphatic rings. The molecule has 0 bridgehead atoms. The third-order valence-corrected chi connectivity index (χ3v) is 4.72. The van der Waals surface area contributed by atoms with Gasteiger partial charge in [-0.3, -0.25) is 14.6 Å². The molecule has 1 saturated heterocycles. The van der Waals surface area contributed by atoms with E-state index in [0.717, 1.165) is 0 Å². The molecule has 1 saturated carbocycles. The summed E-state index contributed by atoms with van der Waals surface area (Å²) >= 11 is 0. The Morgan fingerprint density at radius 1 is 1.30 bits per heavy atom. The third-order valence-electron chi connectivity index (χ3n) is 4.72. The van der Waals surface area contributed by atoms with Crippen LogP contribution < -0.4 is 0 Å². The molecule has 1 N–H and O–H groups in total. The topological polar surface area (TPSA) is 66.8 Å². The van der Waals surface area contributed by atoms with Crippen LogP contribution in [0, 0.1) is 17.8 Å². The molecule has 3 atom stereocenters. The van der Waals surface area contributed by atoms with Crippen molar-refractivity contribution in [1.29, 1.82) is 0 Å². The second kappa shape index (κ2) is 4.59. The van der Waals surface area contributed by atoms with Gasteiger partial charge in [-0.25, -0.2) is 0 Å². The first kappa shape index (κ1) is 14.3. The standard InChI is InChI=1S/C14H14F3N5O/c1-21-4-7(2-19-21)12-8(3-18-20-12)13(23)22-5-9-10(6-22)11(9)14(15,16)17/h2-4,9-11H,5-6H2,1H3,(H,18,20)/t9-,10+,11?. The number of hydrogen-bond donors (Lipinski definition) is 1. The Labute approximate surface area is 129 Å². The van der Waals surface area contributed by atoms with Crippen LogP contribution in [-0.4, -0.2) is 50.1 Å². The van der Waals surface area contributed by atoms with Gasteiger partial charge in [-0.15, -0.1) is 0 Å². The summed E-state index contributed by atoms with van der Waals surface area (Å²) in [6.07, 6.45) is 0.605. The Balaban J connectivity index is 1.51. The van der Waals surface area contributed by atoms with E-state index >= 15 is 0 Å². The molecule has 2 fully saturated rings. The van der Waals surface area contributed by atoms with E-state index in [0.29, 0.717) is 16.8 Å². The Morgan fingerprint density at radius 3 is 2.57 bits per heavy atom. The molecule has 1 aliphatic carbocycles. The normalized spacial score (nSPS) is 26.4. The molecule has 3 heterocycles. The minimum atomic E-state index is -4.15. The summed E-state index contributed by atoms with van der Waals surface area (Å²) in [4.78, 5) is 14.1. The number of nitrogens with one attached hydrogen (secondary N) is 1. The Morgan fingerprint density at radius 2 is 2.00 bits per heavy atom. The number of piperidine rings is 1. The van der Waals surface area contributed by atoms with Crippen LogP contribution in [0.5, 0.6) is 0 Å². The fourth-order valence-corrected chi connectivity index (χ4v) is 3.57. The lowest BCUT2D eigenvalue weighted by Gasteiger charge is -2.20. The molecule has 0 aromatic carbocycles. The molecule has 122 valence electrons. The molecule has 0 radical (unpaired) electrons. The summed E-state index contributed by atoms with van der Waals surface area (Å²) in [7, 11) is 1.76. The van der Waals surface area contributed by atoms with Gasteiger partial charge < -0.3 is 4.90 Å². The SMILES string of the molecule is Cn1cc(-c2[nH]ncc2C(=O)N2C[C@@H]3C(C(F)(F)F)[C@@H]3C2)cn1. The minimum Gasteiger partial charge on any atom is -0.338 e. The molecule has 0 spiro atoms. The lowest BCUT2D eigenvalue weighted by Crippen LogP contribution is -2.33. The van der Waals surface area contributed by atoms with Crippen molar-refractivity contribution in [1.82, 2.24) is 24.9 Å². The minimum absolute atomic E-state index is 0.158. The summed E-state index contributed by atoms with van der Waals surface area (Å²) in [6, 6.07) is 0. The molecule has 1 amide bonds. The van der Waals surface area contributed by atoms with Crippen molar-refractivity contribution in [2.75, 3.05) is 13.1 Å². The van der Waals surface area contributed by atoms with Gasteiger partial charge in [0.15, 0.2) is 0 Å². The quantitative estimate of drug-likeness (QED) is 0.914. The molecule has 2 aromatic heterocycles. The largest absolute Gasteiger partial charge is 0.392 e. The third kappa shape index (κ3) is 2.22. The Kier molecular flexibility index (Phi) is 2.85. The average Bonchev–Trinajstić information content (AvgIpc) is 2.94. The molecular formula is C14H14F3N5O. The average molecular weight is 325 g/mol. The zero-order chi connectivity index (χ0) is 16.4. The summed E-state index contributed by atoms with van der Waals surface area (Å²) in [5.74, 6) is -2.43. The van der Waals surface area contributed by atoms with E-state index in [1.807, 2.05) is 0 Å².